The van der Waals surface area contributed by atoms with Crippen molar-refractivity contribution in [2.75, 3.05) is 28.2 Å². The van der Waals surface area contributed by atoms with Gasteiger partial charge in [-0.2, -0.15) is 18.2 Å². The van der Waals surface area contributed by atoms with E-state index < -0.39 is 27.6 Å². The Morgan fingerprint density at radius 2 is 1.86 bits per heavy atom. The van der Waals surface area contributed by atoms with Crippen molar-refractivity contribution in [2.24, 2.45) is 0 Å². The summed E-state index contributed by atoms with van der Waals surface area (Å²) in [6.45, 7) is 2.96. The molecule has 0 radical (unpaired) electrons. The second-order valence-electron chi connectivity index (χ2n) is 7.56. The van der Waals surface area contributed by atoms with Crippen molar-refractivity contribution in [3.63, 3.8) is 0 Å². The Labute approximate surface area is 205 Å². The summed E-state index contributed by atoms with van der Waals surface area (Å²) in [5.41, 5.74) is 0.775. The van der Waals surface area contributed by atoms with Crippen molar-refractivity contribution < 1.29 is 26.4 Å². The molecule has 2 aromatic heterocycles. The zero-order valence-electron chi connectivity index (χ0n) is 19.6. The molecule has 14 heteroatoms. The normalized spacial score (nSPS) is 11.6. The van der Waals surface area contributed by atoms with Gasteiger partial charge in [-0.15, -0.1) is 0 Å². The van der Waals surface area contributed by atoms with E-state index in [4.69, 9.17) is 0 Å². The highest BCUT2D eigenvalue weighted by Gasteiger charge is 2.35. The highest BCUT2D eigenvalue weighted by molar-refractivity contribution is 7.92. The molecule has 2 heterocycles. The summed E-state index contributed by atoms with van der Waals surface area (Å²) >= 11 is 0. The van der Waals surface area contributed by atoms with Crippen molar-refractivity contribution in [1.29, 1.82) is 0 Å². The summed E-state index contributed by atoms with van der Waals surface area (Å²) in [5, 5.41) is 7.97. The van der Waals surface area contributed by atoms with Crippen LogP contribution in [0.2, 0.25) is 0 Å². The number of benzene rings is 1. The van der Waals surface area contributed by atoms with Crippen LogP contribution in [-0.4, -0.2) is 42.1 Å². The third kappa shape index (κ3) is 6.59. The third-order valence-electron chi connectivity index (χ3n) is 5.02. The standard InChI is InChI=1S/C22H24F3N7O3S/c1-4-36(34,35)32-18-14(6-5-9-27-18)11-28-19-17(22(23,24)25)12-29-21(31-19)30-15-7-8-16(13(2)10-15)20(33)26-3/h5-10,12H,4,11H2,1-3H3,(H,26,33)(H,27,32)(H2,28,29,30,31). The molecule has 0 aliphatic heterocycles. The Balaban J connectivity index is 1.88. The van der Waals surface area contributed by atoms with Crippen LogP contribution in [0.4, 0.5) is 36.4 Å². The average Bonchev–Trinajstić information content (AvgIpc) is 2.82. The van der Waals surface area contributed by atoms with Crippen LogP contribution in [0, 0.1) is 6.92 Å². The van der Waals surface area contributed by atoms with Crippen LogP contribution in [0.15, 0.2) is 42.7 Å². The number of hydrogen-bond donors (Lipinski definition) is 4. The minimum Gasteiger partial charge on any atom is -0.365 e. The van der Waals surface area contributed by atoms with Gasteiger partial charge in [-0.25, -0.2) is 18.4 Å². The van der Waals surface area contributed by atoms with E-state index in [1.165, 1.54) is 32.3 Å². The molecule has 10 nitrogen and oxygen atoms in total. The summed E-state index contributed by atoms with van der Waals surface area (Å²) in [6, 6.07) is 7.84. The lowest BCUT2D eigenvalue weighted by Crippen LogP contribution is -2.19. The first kappa shape index (κ1) is 26.7. The number of anilines is 4. The molecule has 3 rings (SSSR count). The minimum atomic E-state index is -4.74. The Morgan fingerprint density at radius 3 is 2.50 bits per heavy atom. The van der Waals surface area contributed by atoms with Gasteiger partial charge in [0.15, 0.2) is 0 Å². The Bertz CT molecular complexity index is 1370. The predicted molar refractivity (Wildman–Crippen MR) is 130 cm³/mol. The second-order valence-corrected chi connectivity index (χ2v) is 9.57. The van der Waals surface area contributed by atoms with Crippen molar-refractivity contribution >= 4 is 39.2 Å². The van der Waals surface area contributed by atoms with Crippen molar-refractivity contribution in [1.82, 2.24) is 20.3 Å². The smallest absolute Gasteiger partial charge is 0.365 e. The van der Waals surface area contributed by atoms with E-state index in [1.54, 1.807) is 25.1 Å². The molecule has 0 aliphatic carbocycles. The van der Waals surface area contributed by atoms with Gasteiger partial charge in [0.05, 0.1) is 5.75 Å². The molecule has 0 aliphatic rings. The van der Waals surface area contributed by atoms with Gasteiger partial charge < -0.3 is 16.0 Å². The molecule has 0 fully saturated rings. The number of rotatable bonds is 9. The zero-order chi connectivity index (χ0) is 26.5. The number of pyridine rings is 1. The van der Waals surface area contributed by atoms with E-state index in [0.29, 0.717) is 28.6 Å². The first-order valence-electron chi connectivity index (χ1n) is 10.7. The molecule has 4 N–H and O–H groups in total. The van der Waals surface area contributed by atoms with Gasteiger partial charge in [0.2, 0.25) is 16.0 Å². The van der Waals surface area contributed by atoms with Crippen LogP contribution >= 0.6 is 0 Å². The Morgan fingerprint density at radius 1 is 1.11 bits per heavy atom. The molecule has 1 aromatic carbocycles. The molecule has 0 bridgehead atoms. The van der Waals surface area contributed by atoms with E-state index in [9.17, 15) is 26.4 Å². The van der Waals surface area contributed by atoms with Crippen LogP contribution in [-0.2, 0) is 22.7 Å². The maximum absolute atomic E-state index is 13.6. The van der Waals surface area contributed by atoms with Crippen molar-refractivity contribution in [3.05, 3.63) is 65.0 Å². The molecule has 0 atom stereocenters. The Hall–Kier alpha value is -3.94. The number of carbonyl (C=O) groups excluding carboxylic acids is 1. The highest BCUT2D eigenvalue weighted by atomic mass is 32.2. The Kier molecular flexibility index (Phi) is 7.97. The van der Waals surface area contributed by atoms with Gasteiger partial charge in [0.25, 0.3) is 5.91 Å². The lowest BCUT2D eigenvalue weighted by Gasteiger charge is -2.16. The van der Waals surface area contributed by atoms with Crippen LogP contribution in [0.5, 0.6) is 0 Å². The molecule has 0 spiro atoms. The SMILES string of the molecule is CCS(=O)(=O)Nc1ncccc1CNc1nc(Nc2ccc(C(=O)NC)c(C)c2)ncc1C(F)(F)F. The van der Waals surface area contributed by atoms with Gasteiger partial charge >= 0.3 is 6.18 Å². The fourth-order valence-corrected chi connectivity index (χ4v) is 3.74. The molecular formula is C22H24F3N7O3S. The van der Waals surface area contributed by atoms with Crippen molar-refractivity contribution in [3.8, 4) is 0 Å². The lowest BCUT2D eigenvalue weighted by molar-refractivity contribution is -0.137. The quantitative estimate of drug-likeness (QED) is 0.333. The lowest BCUT2D eigenvalue weighted by atomic mass is 10.1. The first-order chi connectivity index (χ1) is 16.9. The van der Waals surface area contributed by atoms with Gasteiger partial charge in [0.1, 0.15) is 17.2 Å². The summed E-state index contributed by atoms with van der Waals surface area (Å²) < 4.78 is 67.0. The molecule has 3 aromatic rings. The predicted octanol–water partition coefficient (Wildman–Crippen LogP) is 3.68. The number of hydrogen-bond acceptors (Lipinski definition) is 8. The molecule has 0 unspecified atom stereocenters. The number of amides is 1. The number of carbonyl (C=O) groups is 1. The minimum absolute atomic E-state index is 0.000468. The summed E-state index contributed by atoms with van der Waals surface area (Å²) in [6.07, 6.45) is -2.73. The fourth-order valence-electron chi connectivity index (χ4n) is 3.12. The summed E-state index contributed by atoms with van der Waals surface area (Å²) in [4.78, 5) is 23.6. The van der Waals surface area contributed by atoms with Crippen LogP contribution < -0.4 is 20.7 Å². The molecule has 192 valence electrons. The van der Waals surface area contributed by atoms with Crippen LogP contribution in [0.3, 0.4) is 0 Å². The monoisotopic (exact) mass is 523 g/mol. The molecule has 0 saturated heterocycles. The number of aromatic nitrogens is 3. The van der Waals surface area contributed by atoms with E-state index in [1.807, 2.05) is 0 Å². The van der Waals surface area contributed by atoms with E-state index in [0.717, 1.165) is 0 Å². The highest BCUT2D eigenvalue weighted by Crippen LogP contribution is 2.34. The number of nitrogens with zero attached hydrogens (tertiary/aromatic N) is 3. The number of sulfonamides is 1. The second kappa shape index (κ2) is 10.8. The summed E-state index contributed by atoms with van der Waals surface area (Å²) in [7, 11) is -2.14. The number of halogens is 3. The van der Waals surface area contributed by atoms with Crippen LogP contribution in [0.1, 0.15) is 34.0 Å². The molecule has 0 saturated carbocycles. The van der Waals surface area contributed by atoms with Gasteiger partial charge in [-0.05, 0) is 43.7 Å². The average molecular weight is 524 g/mol. The van der Waals surface area contributed by atoms with Gasteiger partial charge in [-0.3, -0.25) is 9.52 Å². The topological polar surface area (TPSA) is 138 Å². The van der Waals surface area contributed by atoms with E-state index in [2.05, 4.69) is 35.6 Å². The van der Waals surface area contributed by atoms with Crippen molar-refractivity contribution in [2.45, 2.75) is 26.6 Å². The van der Waals surface area contributed by atoms with Gasteiger partial charge in [0, 0.05) is 42.8 Å². The molecule has 1 amide bonds. The zero-order valence-corrected chi connectivity index (χ0v) is 20.4. The molecule has 36 heavy (non-hydrogen) atoms. The van der Waals surface area contributed by atoms with Gasteiger partial charge in [-0.1, -0.05) is 6.07 Å². The first-order valence-corrected chi connectivity index (χ1v) is 12.3. The summed E-state index contributed by atoms with van der Waals surface area (Å²) in [5.74, 6) is -1.09. The maximum Gasteiger partial charge on any atom is 0.421 e. The van der Waals surface area contributed by atoms with Crippen LogP contribution in [0.25, 0.3) is 0 Å². The fraction of sp³-hybridized carbons (Fsp3) is 0.273. The number of alkyl halides is 3. The molecular weight excluding hydrogens is 499 g/mol. The van der Waals surface area contributed by atoms with E-state index >= 15 is 0 Å². The number of aryl methyl sites for hydroxylation is 1. The third-order valence-corrected chi connectivity index (χ3v) is 6.28. The maximum atomic E-state index is 13.6. The largest absolute Gasteiger partial charge is 0.421 e. The van der Waals surface area contributed by atoms with E-state index in [-0.39, 0.29) is 30.0 Å². The number of nitrogens with one attached hydrogen (secondary N) is 4.